The maximum absolute atomic E-state index is 15.2. The highest BCUT2D eigenvalue weighted by atomic mass is 19.1. The number of hydrogen-bond donors (Lipinski definition) is 2. The van der Waals surface area contributed by atoms with Crippen molar-refractivity contribution in [3.05, 3.63) is 17.4 Å². The highest BCUT2D eigenvalue weighted by Crippen LogP contribution is 2.47. The molecule has 3 atom stereocenters. The number of fused-ring (bicyclic) bond motifs is 1. The van der Waals surface area contributed by atoms with Crippen LogP contribution in [0.25, 0.3) is 0 Å². The first-order valence-corrected chi connectivity index (χ1v) is 10.5. The van der Waals surface area contributed by atoms with Crippen LogP contribution in [0, 0.1) is 17.7 Å². The number of benzene rings is 1. The average molecular weight is 455 g/mol. The second-order valence-corrected chi connectivity index (χ2v) is 8.31. The number of carboxylic acids is 1. The zero-order valence-electron chi connectivity index (χ0n) is 17.4. The van der Waals surface area contributed by atoms with Crippen molar-refractivity contribution in [1.82, 2.24) is 5.32 Å². The molecule has 1 saturated heterocycles. The van der Waals surface area contributed by atoms with Crippen LogP contribution in [0.4, 0.5) is 24.5 Å². The Morgan fingerprint density at radius 1 is 1.28 bits per heavy atom. The van der Waals surface area contributed by atoms with E-state index in [1.54, 1.807) is 0 Å². The Kier molecular flexibility index (Phi) is 6.02. The Balaban J connectivity index is 1.75. The van der Waals surface area contributed by atoms with E-state index in [-0.39, 0.29) is 35.8 Å². The van der Waals surface area contributed by atoms with Crippen LogP contribution in [0.2, 0.25) is 0 Å². The number of aliphatic carboxylic acids is 1. The largest absolute Gasteiger partial charge is 0.492 e. The average Bonchev–Trinajstić information content (AvgIpc) is 3.50. The van der Waals surface area contributed by atoms with Gasteiger partial charge in [0, 0.05) is 37.2 Å². The number of hydrogen-bond acceptors (Lipinski definition) is 6. The van der Waals surface area contributed by atoms with Crippen molar-refractivity contribution in [2.24, 2.45) is 11.8 Å². The molecule has 0 aromatic heterocycles. The standard InChI is InChI=1S/C21H24F3N3O5/c1-32-19-16-12(18(28)15(21(30)31)20(29)27(16)5-4-22)6-13(23)17(19)26-8-10(14(24)9-26)7-25-11-2-3-11/h6,10-11,14-15,25H,2-5,7-9H2,1H3,(H,30,31)/t10-,14+,15?/m0/s1. The molecule has 4 rings (SSSR count). The quantitative estimate of drug-likeness (QED) is 0.574. The molecular weight excluding hydrogens is 431 g/mol. The molecule has 1 unspecified atom stereocenters. The Hall–Kier alpha value is -2.82. The number of nitrogens with zero attached hydrogens (tertiary/aromatic N) is 2. The minimum Gasteiger partial charge on any atom is -0.492 e. The molecule has 1 amide bonds. The van der Waals surface area contributed by atoms with Gasteiger partial charge in [-0.25, -0.2) is 13.2 Å². The zero-order valence-corrected chi connectivity index (χ0v) is 17.4. The van der Waals surface area contributed by atoms with E-state index in [4.69, 9.17) is 4.74 Å². The lowest BCUT2D eigenvalue weighted by Gasteiger charge is -2.34. The Bertz CT molecular complexity index is 955. The van der Waals surface area contributed by atoms with Gasteiger partial charge in [0.25, 0.3) is 0 Å². The second-order valence-electron chi connectivity index (χ2n) is 8.31. The monoisotopic (exact) mass is 455 g/mol. The van der Waals surface area contributed by atoms with Crippen molar-refractivity contribution in [1.29, 1.82) is 0 Å². The number of alkyl halides is 2. The second kappa shape index (κ2) is 8.61. The van der Waals surface area contributed by atoms with Crippen molar-refractivity contribution in [2.45, 2.75) is 25.1 Å². The van der Waals surface area contributed by atoms with Gasteiger partial charge in [-0.2, -0.15) is 0 Å². The number of methoxy groups -OCH3 is 1. The van der Waals surface area contributed by atoms with Crippen LogP contribution in [-0.4, -0.2) is 74.9 Å². The van der Waals surface area contributed by atoms with Gasteiger partial charge in [0.15, 0.2) is 23.3 Å². The molecule has 8 nitrogen and oxygen atoms in total. The highest BCUT2D eigenvalue weighted by Gasteiger charge is 2.47. The highest BCUT2D eigenvalue weighted by molar-refractivity contribution is 6.31. The first-order chi connectivity index (χ1) is 15.3. The van der Waals surface area contributed by atoms with Gasteiger partial charge >= 0.3 is 5.97 Å². The first kappa shape index (κ1) is 22.4. The number of carboxylic acid groups (broad SMARTS) is 1. The predicted octanol–water partition coefficient (Wildman–Crippen LogP) is 1.56. The molecule has 0 radical (unpaired) electrons. The van der Waals surface area contributed by atoms with Gasteiger partial charge in [0.05, 0.1) is 19.3 Å². The van der Waals surface area contributed by atoms with Gasteiger partial charge in [-0.3, -0.25) is 14.4 Å². The van der Waals surface area contributed by atoms with Gasteiger partial charge < -0.3 is 25.0 Å². The number of amides is 1. The molecule has 2 heterocycles. The summed E-state index contributed by atoms with van der Waals surface area (Å²) in [5.74, 6) is -7.55. The summed E-state index contributed by atoms with van der Waals surface area (Å²) < 4.78 is 48.5. The smallest absolute Gasteiger partial charge is 0.324 e. The molecule has 3 aliphatic rings. The molecule has 0 bridgehead atoms. The molecule has 2 aliphatic heterocycles. The van der Waals surface area contributed by atoms with E-state index in [0.29, 0.717) is 12.6 Å². The summed E-state index contributed by atoms with van der Waals surface area (Å²) in [5, 5.41) is 12.6. The molecule has 0 spiro atoms. The number of halogens is 3. The van der Waals surface area contributed by atoms with Crippen LogP contribution in [0.1, 0.15) is 23.2 Å². The van der Waals surface area contributed by atoms with E-state index in [0.717, 1.165) is 23.8 Å². The van der Waals surface area contributed by atoms with Gasteiger partial charge in [-0.1, -0.05) is 0 Å². The first-order valence-electron chi connectivity index (χ1n) is 10.5. The summed E-state index contributed by atoms with van der Waals surface area (Å²) in [4.78, 5) is 39.1. The molecule has 1 aromatic rings. The number of carbonyl (C=O) groups is 3. The van der Waals surface area contributed by atoms with Gasteiger partial charge in [-0.05, 0) is 18.9 Å². The number of ether oxygens (including phenoxy) is 1. The molecule has 11 heteroatoms. The van der Waals surface area contributed by atoms with E-state index in [9.17, 15) is 28.3 Å². The Labute approximate surface area is 182 Å². The minimum absolute atomic E-state index is 0.119. The van der Waals surface area contributed by atoms with Crippen LogP contribution in [-0.2, 0) is 9.59 Å². The molecule has 1 aromatic carbocycles. The van der Waals surface area contributed by atoms with Crippen molar-refractivity contribution >= 4 is 29.0 Å². The molecule has 1 saturated carbocycles. The molecule has 174 valence electrons. The number of anilines is 2. The normalized spacial score (nSPS) is 25.3. The molecule has 2 N–H and O–H groups in total. The Morgan fingerprint density at radius 2 is 2.00 bits per heavy atom. The fourth-order valence-corrected chi connectivity index (χ4v) is 4.42. The summed E-state index contributed by atoms with van der Waals surface area (Å²) in [6.07, 6.45) is 0.859. The number of Topliss-reactive ketones (excluding diaryl/α,β-unsaturated/α-hetero) is 1. The lowest BCUT2D eigenvalue weighted by Crippen LogP contribution is -2.49. The van der Waals surface area contributed by atoms with Crippen LogP contribution in [0.15, 0.2) is 6.07 Å². The summed E-state index contributed by atoms with van der Waals surface area (Å²) in [6.45, 7) is -1.07. The fraction of sp³-hybridized carbons (Fsp3) is 0.571. The SMILES string of the molecule is COc1c(N2C[C@H](CNC3CC3)[C@H](F)C2)c(F)cc2c1N(CCF)C(=O)C(C(=O)O)C2=O. The van der Waals surface area contributed by atoms with E-state index < -0.39 is 54.7 Å². The third-order valence-corrected chi connectivity index (χ3v) is 6.18. The summed E-state index contributed by atoms with van der Waals surface area (Å²) in [6, 6.07) is 1.21. The number of rotatable bonds is 8. The third kappa shape index (κ3) is 3.78. The number of ketones is 1. The summed E-state index contributed by atoms with van der Waals surface area (Å²) >= 11 is 0. The van der Waals surface area contributed by atoms with Gasteiger partial charge in [0.1, 0.15) is 18.5 Å². The summed E-state index contributed by atoms with van der Waals surface area (Å²) in [5.41, 5.74) is -0.712. The van der Waals surface area contributed by atoms with Crippen LogP contribution < -0.4 is 19.9 Å². The van der Waals surface area contributed by atoms with Gasteiger partial charge in [0.2, 0.25) is 5.91 Å². The number of nitrogens with one attached hydrogen (secondary N) is 1. The van der Waals surface area contributed by atoms with Crippen LogP contribution >= 0.6 is 0 Å². The maximum atomic E-state index is 15.2. The van der Waals surface area contributed by atoms with E-state index in [1.165, 1.54) is 12.0 Å². The molecule has 32 heavy (non-hydrogen) atoms. The van der Waals surface area contributed by atoms with Crippen molar-refractivity contribution in [2.75, 3.05) is 49.8 Å². The fourth-order valence-electron chi connectivity index (χ4n) is 4.42. The summed E-state index contributed by atoms with van der Waals surface area (Å²) in [7, 11) is 1.19. The maximum Gasteiger partial charge on any atom is 0.324 e. The van der Waals surface area contributed by atoms with Crippen molar-refractivity contribution in [3.8, 4) is 5.75 Å². The van der Waals surface area contributed by atoms with E-state index in [2.05, 4.69) is 5.32 Å². The van der Waals surface area contributed by atoms with Crippen LogP contribution in [0.5, 0.6) is 5.75 Å². The zero-order chi connectivity index (χ0) is 23.2. The van der Waals surface area contributed by atoms with Crippen LogP contribution in [0.3, 0.4) is 0 Å². The van der Waals surface area contributed by atoms with E-state index >= 15 is 4.39 Å². The third-order valence-electron chi connectivity index (χ3n) is 6.18. The van der Waals surface area contributed by atoms with Crippen molar-refractivity contribution in [3.63, 3.8) is 0 Å². The Morgan fingerprint density at radius 3 is 2.59 bits per heavy atom. The molecule has 1 aliphatic carbocycles. The lowest BCUT2D eigenvalue weighted by molar-refractivity contribution is -0.144. The number of carbonyl (C=O) groups excluding carboxylic acids is 2. The molecule has 2 fully saturated rings. The predicted molar refractivity (Wildman–Crippen MR) is 108 cm³/mol. The minimum atomic E-state index is -2.09. The lowest BCUT2D eigenvalue weighted by atomic mass is 9.89. The molecular formula is C21H24F3N3O5. The van der Waals surface area contributed by atoms with Gasteiger partial charge in [-0.15, -0.1) is 0 Å². The topological polar surface area (TPSA) is 99.2 Å². The van der Waals surface area contributed by atoms with Crippen molar-refractivity contribution < 1.29 is 37.4 Å². The van der Waals surface area contributed by atoms with E-state index in [1.807, 2.05) is 0 Å².